The molecule has 84 valence electrons. The molecule has 0 unspecified atom stereocenters. The molecule has 15 heavy (non-hydrogen) atoms. The van der Waals surface area contributed by atoms with E-state index in [1.165, 1.54) is 0 Å². The predicted molar refractivity (Wildman–Crippen MR) is 63.0 cm³/mol. The Balaban J connectivity index is 3.00. The number of pyridine rings is 1. The number of aliphatic hydroxyl groups is 1. The highest BCUT2D eigenvalue weighted by atomic mass is 16.3. The quantitative estimate of drug-likeness (QED) is 0.799. The third-order valence-corrected chi connectivity index (χ3v) is 2.12. The standard InChI is InChI=1S/C12H20N2O/c1-8(2)11-5-10(7-15)6-12(14-11)13-9(3)4/h5-6,8-9,15H,7H2,1-4H3,(H,13,14). The van der Waals surface area contributed by atoms with Crippen molar-refractivity contribution in [3.05, 3.63) is 23.4 Å². The second kappa shape index (κ2) is 5.12. The Morgan fingerprint density at radius 1 is 1.27 bits per heavy atom. The van der Waals surface area contributed by atoms with Gasteiger partial charge < -0.3 is 10.4 Å². The zero-order valence-electron chi connectivity index (χ0n) is 9.91. The monoisotopic (exact) mass is 208 g/mol. The first-order valence-electron chi connectivity index (χ1n) is 5.41. The van der Waals surface area contributed by atoms with Gasteiger partial charge in [-0.1, -0.05) is 13.8 Å². The maximum absolute atomic E-state index is 9.15. The summed E-state index contributed by atoms with van der Waals surface area (Å²) in [5.41, 5.74) is 1.93. The fourth-order valence-corrected chi connectivity index (χ4v) is 1.37. The molecule has 0 amide bonds. The Hall–Kier alpha value is -1.09. The van der Waals surface area contributed by atoms with Crippen molar-refractivity contribution in [3.8, 4) is 0 Å². The van der Waals surface area contributed by atoms with Crippen LogP contribution in [0.1, 0.15) is 44.9 Å². The minimum absolute atomic E-state index is 0.0645. The van der Waals surface area contributed by atoms with Gasteiger partial charge in [0.05, 0.1) is 6.61 Å². The Morgan fingerprint density at radius 2 is 1.93 bits per heavy atom. The van der Waals surface area contributed by atoms with Crippen molar-refractivity contribution < 1.29 is 5.11 Å². The van der Waals surface area contributed by atoms with E-state index in [1.54, 1.807) is 0 Å². The molecule has 0 fully saturated rings. The molecule has 3 nitrogen and oxygen atoms in total. The smallest absolute Gasteiger partial charge is 0.126 e. The van der Waals surface area contributed by atoms with Crippen molar-refractivity contribution in [2.45, 2.75) is 46.3 Å². The van der Waals surface area contributed by atoms with Crippen molar-refractivity contribution in [2.75, 3.05) is 5.32 Å². The number of hydrogen-bond acceptors (Lipinski definition) is 3. The Bertz CT molecular complexity index is 321. The molecule has 0 radical (unpaired) electrons. The van der Waals surface area contributed by atoms with E-state index >= 15 is 0 Å². The summed E-state index contributed by atoms with van der Waals surface area (Å²) in [6.07, 6.45) is 0. The van der Waals surface area contributed by atoms with Crippen LogP contribution in [0.4, 0.5) is 5.82 Å². The van der Waals surface area contributed by atoms with Crippen molar-refractivity contribution in [1.82, 2.24) is 4.98 Å². The minimum atomic E-state index is 0.0645. The third kappa shape index (κ3) is 3.51. The molecule has 0 aliphatic rings. The number of aliphatic hydroxyl groups excluding tert-OH is 1. The van der Waals surface area contributed by atoms with Crippen LogP contribution in [0.3, 0.4) is 0 Å². The zero-order chi connectivity index (χ0) is 11.4. The molecule has 3 heteroatoms. The summed E-state index contributed by atoms with van der Waals surface area (Å²) in [7, 11) is 0. The van der Waals surface area contributed by atoms with E-state index in [0.29, 0.717) is 12.0 Å². The van der Waals surface area contributed by atoms with Crippen molar-refractivity contribution in [1.29, 1.82) is 0 Å². The summed E-state index contributed by atoms with van der Waals surface area (Å²) < 4.78 is 0. The van der Waals surface area contributed by atoms with Crippen LogP contribution < -0.4 is 5.32 Å². The maximum atomic E-state index is 9.15. The van der Waals surface area contributed by atoms with Gasteiger partial charge in [0.15, 0.2) is 0 Å². The Kier molecular flexibility index (Phi) is 4.09. The summed E-state index contributed by atoms with van der Waals surface area (Å²) in [6.45, 7) is 8.41. The lowest BCUT2D eigenvalue weighted by Crippen LogP contribution is -2.12. The molecule has 0 saturated heterocycles. The van der Waals surface area contributed by atoms with Gasteiger partial charge in [-0.2, -0.15) is 0 Å². The van der Waals surface area contributed by atoms with Crippen LogP contribution in [0.15, 0.2) is 12.1 Å². The molecule has 0 atom stereocenters. The van der Waals surface area contributed by atoms with Crippen molar-refractivity contribution >= 4 is 5.82 Å². The lowest BCUT2D eigenvalue weighted by Gasteiger charge is -2.13. The van der Waals surface area contributed by atoms with Gasteiger partial charge in [-0.05, 0) is 37.5 Å². The number of anilines is 1. The first-order chi connectivity index (χ1) is 7.02. The van der Waals surface area contributed by atoms with E-state index in [0.717, 1.165) is 17.1 Å². The van der Waals surface area contributed by atoms with E-state index in [9.17, 15) is 0 Å². The molecule has 0 aliphatic carbocycles. The summed E-state index contributed by atoms with van der Waals surface area (Å²) >= 11 is 0. The highest BCUT2D eigenvalue weighted by Gasteiger charge is 2.06. The summed E-state index contributed by atoms with van der Waals surface area (Å²) in [6, 6.07) is 4.20. The van der Waals surface area contributed by atoms with Crippen LogP contribution in [0.2, 0.25) is 0 Å². The summed E-state index contributed by atoms with van der Waals surface area (Å²) in [5.74, 6) is 1.23. The second-order valence-corrected chi connectivity index (χ2v) is 4.40. The molecule has 0 bridgehead atoms. The topological polar surface area (TPSA) is 45.1 Å². The highest BCUT2D eigenvalue weighted by Crippen LogP contribution is 2.18. The van der Waals surface area contributed by atoms with Crippen LogP contribution in [0.25, 0.3) is 0 Å². The lowest BCUT2D eigenvalue weighted by atomic mass is 10.1. The fraction of sp³-hybridized carbons (Fsp3) is 0.583. The maximum Gasteiger partial charge on any atom is 0.126 e. The van der Waals surface area contributed by atoms with E-state index in [2.05, 4.69) is 38.0 Å². The van der Waals surface area contributed by atoms with Gasteiger partial charge in [0, 0.05) is 11.7 Å². The Labute approximate surface area is 91.5 Å². The van der Waals surface area contributed by atoms with Gasteiger partial charge >= 0.3 is 0 Å². The number of aromatic nitrogens is 1. The first kappa shape index (κ1) is 12.0. The molecule has 0 aliphatic heterocycles. The van der Waals surface area contributed by atoms with E-state index in [4.69, 9.17) is 5.11 Å². The van der Waals surface area contributed by atoms with E-state index < -0.39 is 0 Å². The molecule has 1 heterocycles. The lowest BCUT2D eigenvalue weighted by molar-refractivity contribution is 0.281. The molecular formula is C12H20N2O. The first-order valence-corrected chi connectivity index (χ1v) is 5.41. The average molecular weight is 208 g/mol. The second-order valence-electron chi connectivity index (χ2n) is 4.40. The van der Waals surface area contributed by atoms with Crippen LogP contribution in [0, 0.1) is 0 Å². The highest BCUT2D eigenvalue weighted by molar-refractivity contribution is 5.40. The molecule has 1 rings (SSSR count). The predicted octanol–water partition coefficient (Wildman–Crippen LogP) is 2.52. The average Bonchev–Trinajstić information content (AvgIpc) is 2.16. The molecular weight excluding hydrogens is 188 g/mol. The fourth-order valence-electron chi connectivity index (χ4n) is 1.37. The minimum Gasteiger partial charge on any atom is -0.392 e. The van der Waals surface area contributed by atoms with Crippen molar-refractivity contribution in [3.63, 3.8) is 0 Å². The van der Waals surface area contributed by atoms with Crippen LogP contribution in [-0.4, -0.2) is 16.1 Å². The number of nitrogens with one attached hydrogen (secondary N) is 1. The normalized spacial score (nSPS) is 11.1. The van der Waals surface area contributed by atoms with E-state index in [-0.39, 0.29) is 6.61 Å². The van der Waals surface area contributed by atoms with Gasteiger partial charge in [0.2, 0.25) is 0 Å². The molecule has 2 N–H and O–H groups in total. The van der Waals surface area contributed by atoms with Crippen molar-refractivity contribution in [2.24, 2.45) is 0 Å². The Morgan fingerprint density at radius 3 is 2.40 bits per heavy atom. The largest absolute Gasteiger partial charge is 0.392 e. The van der Waals surface area contributed by atoms with Crippen LogP contribution >= 0.6 is 0 Å². The molecule has 1 aromatic rings. The number of hydrogen-bond donors (Lipinski definition) is 2. The molecule has 0 spiro atoms. The van der Waals surface area contributed by atoms with Gasteiger partial charge in [-0.15, -0.1) is 0 Å². The summed E-state index contributed by atoms with van der Waals surface area (Å²) in [5, 5.41) is 12.4. The SMILES string of the molecule is CC(C)Nc1cc(CO)cc(C(C)C)n1. The van der Waals surface area contributed by atoms with Crippen LogP contribution in [-0.2, 0) is 6.61 Å². The molecule has 1 aromatic heterocycles. The summed E-state index contributed by atoms with van der Waals surface area (Å²) in [4.78, 5) is 4.50. The van der Waals surface area contributed by atoms with E-state index in [1.807, 2.05) is 12.1 Å². The van der Waals surface area contributed by atoms with Gasteiger partial charge in [0.1, 0.15) is 5.82 Å². The zero-order valence-corrected chi connectivity index (χ0v) is 9.91. The third-order valence-electron chi connectivity index (χ3n) is 2.12. The number of nitrogens with zero attached hydrogens (tertiary/aromatic N) is 1. The number of rotatable bonds is 4. The van der Waals surface area contributed by atoms with Gasteiger partial charge in [-0.3, -0.25) is 0 Å². The van der Waals surface area contributed by atoms with Gasteiger partial charge in [-0.25, -0.2) is 4.98 Å². The molecule has 0 aromatic carbocycles. The van der Waals surface area contributed by atoms with Gasteiger partial charge in [0.25, 0.3) is 0 Å². The van der Waals surface area contributed by atoms with Crippen LogP contribution in [0.5, 0.6) is 0 Å². The molecule has 0 saturated carbocycles.